The van der Waals surface area contributed by atoms with E-state index in [4.69, 9.17) is 0 Å². The molecule has 0 aliphatic heterocycles. The van der Waals surface area contributed by atoms with E-state index in [1.165, 1.54) is 10.7 Å². The monoisotopic (exact) mass is 390 g/mol. The molecule has 3 heterocycles. The van der Waals surface area contributed by atoms with Crippen molar-refractivity contribution in [1.82, 2.24) is 29.7 Å². The Morgan fingerprint density at radius 2 is 1.59 bits per heavy atom. The van der Waals surface area contributed by atoms with Crippen LogP contribution in [0.25, 0.3) is 17.3 Å². The Kier molecular flexibility index (Phi) is 4.12. The molecule has 144 valence electrons. The number of hydrogen-bond donors (Lipinski definition) is 0. The summed E-state index contributed by atoms with van der Waals surface area (Å²) in [5.74, 6) is -0.601. The van der Waals surface area contributed by atoms with Gasteiger partial charge < -0.3 is 0 Å². The summed E-state index contributed by atoms with van der Waals surface area (Å²) in [7, 11) is 0. The minimum absolute atomic E-state index is 0.0861. The van der Waals surface area contributed by atoms with E-state index in [-0.39, 0.29) is 17.5 Å². The van der Waals surface area contributed by atoms with Gasteiger partial charge in [0.2, 0.25) is 0 Å². The van der Waals surface area contributed by atoms with Crippen LogP contribution in [0.15, 0.2) is 55.4 Å². The lowest BCUT2D eigenvalue weighted by Gasteiger charge is -2.08. The maximum absolute atomic E-state index is 14.3. The Bertz CT molecular complexity index is 1170. The summed E-state index contributed by atoms with van der Waals surface area (Å²) in [6, 6.07) is 4.67. The molecule has 0 bridgehead atoms. The van der Waals surface area contributed by atoms with Gasteiger partial charge >= 0.3 is 0 Å². The van der Waals surface area contributed by atoms with Gasteiger partial charge in [0, 0.05) is 31.0 Å². The average molecular weight is 390 g/mol. The minimum Gasteiger partial charge on any atom is -0.238 e. The second-order valence-electron chi connectivity index (χ2n) is 7.16. The van der Waals surface area contributed by atoms with Crippen molar-refractivity contribution < 1.29 is 8.78 Å². The van der Waals surface area contributed by atoms with E-state index in [2.05, 4.69) is 25.0 Å². The van der Waals surface area contributed by atoms with Crippen molar-refractivity contribution in [1.29, 1.82) is 0 Å². The fraction of sp³-hybridized carbons (Fsp3) is 0.190. The Balaban J connectivity index is 1.41. The Morgan fingerprint density at radius 1 is 0.897 bits per heavy atom. The molecule has 2 atom stereocenters. The predicted octanol–water partition coefficient (Wildman–Crippen LogP) is 3.98. The summed E-state index contributed by atoms with van der Waals surface area (Å²) in [6.45, 7) is 1.85. The maximum Gasteiger partial charge on any atom is 0.197 e. The van der Waals surface area contributed by atoms with Crippen molar-refractivity contribution in [2.24, 2.45) is 0 Å². The summed E-state index contributed by atoms with van der Waals surface area (Å²) in [5, 5.41) is 4.10. The SMILES string of the molecule is Cc1cnn(-c2cc(C3CC3c3cnc(-c4ncccn4)nc3)cc(F)c2F)c1. The lowest BCUT2D eigenvalue weighted by atomic mass is 10.1. The smallest absolute Gasteiger partial charge is 0.197 e. The van der Waals surface area contributed by atoms with Gasteiger partial charge in [-0.3, -0.25) is 0 Å². The molecule has 2 unspecified atom stereocenters. The first kappa shape index (κ1) is 17.5. The van der Waals surface area contributed by atoms with Crippen LogP contribution in [0.5, 0.6) is 0 Å². The standard InChI is InChI=1S/C21H16F2N6/c1-12-8-28-29(11-12)18-6-13(5-17(22)19(18)23)15-7-16(15)14-9-26-21(27-10-14)20-24-3-2-4-25-20/h2-6,8-11,15-16H,7H2,1H3. The Hall–Kier alpha value is -3.55. The second kappa shape index (κ2) is 6.80. The molecule has 4 aromatic rings. The van der Waals surface area contributed by atoms with Crippen LogP contribution in [0.2, 0.25) is 0 Å². The van der Waals surface area contributed by atoms with Crippen LogP contribution in [0.1, 0.15) is 34.9 Å². The van der Waals surface area contributed by atoms with E-state index < -0.39 is 11.6 Å². The average Bonchev–Trinajstić information content (AvgIpc) is 3.44. The van der Waals surface area contributed by atoms with Gasteiger partial charge in [-0.15, -0.1) is 0 Å². The number of hydrogen-bond acceptors (Lipinski definition) is 5. The van der Waals surface area contributed by atoms with E-state index in [9.17, 15) is 8.78 Å². The van der Waals surface area contributed by atoms with Crippen LogP contribution in [0, 0.1) is 18.6 Å². The highest BCUT2D eigenvalue weighted by molar-refractivity contribution is 5.45. The first-order valence-corrected chi connectivity index (χ1v) is 9.20. The van der Waals surface area contributed by atoms with Crippen LogP contribution in [-0.2, 0) is 0 Å². The molecule has 1 saturated carbocycles. The van der Waals surface area contributed by atoms with Gasteiger partial charge in [0.1, 0.15) is 5.69 Å². The summed E-state index contributed by atoms with van der Waals surface area (Å²) >= 11 is 0. The number of nitrogens with zero attached hydrogens (tertiary/aromatic N) is 6. The van der Waals surface area contributed by atoms with E-state index in [1.54, 1.807) is 49.3 Å². The first-order chi connectivity index (χ1) is 14.1. The van der Waals surface area contributed by atoms with E-state index >= 15 is 0 Å². The quantitative estimate of drug-likeness (QED) is 0.527. The van der Waals surface area contributed by atoms with Crippen LogP contribution in [-0.4, -0.2) is 29.7 Å². The zero-order valence-electron chi connectivity index (χ0n) is 15.5. The van der Waals surface area contributed by atoms with E-state index in [0.717, 1.165) is 23.1 Å². The molecule has 1 fully saturated rings. The van der Waals surface area contributed by atoms with Gasteiger partial charge in [-0.1, -0.05) is 0 Å². The molecule has 1 aliphatic carbocycles. The summed E-state index contributed by atoms with van der Waals surface area (Å²) in [4.78, 5) is 17.0. The second-order valence-corrected chi connectivity index (χ2v) is 7.16. The lowest BCUT2D eigenvalue weighted by Crippen LogP contribution is -2.02. The zero-order valence-corrected chi connectivity index (χ0v) is 15.5. The van der Waals surface area contributed by atoms with Crippen molar-refractivity contribution >= 4 is 0 Å². The normalized spacial score (nSPS) is 18.0. The van der Waals surface area contributed by atoms with Crippen LogP contribution in [0.4, 0.5) is 8.78 Å². The molecule has 0 spiro atoms. The third-order valence-electron chi connectivity index (χ3n) is 5.07. The fourth-order valence-electron chi connectivity index (χ4n) is 3.51. The largest absolute Gasteiger partial charge is 0.238 e. The fourth-order valence-corrected chi connectivity index (χ4v) is 3.51. The molecule has 3 aromatic heterocycles. The molecule has 0 radical (unpaired) electrons. The van der Waals surface area contributed by atoms with Crippen LogP contribution >= 0.6 is 0 Å². The Labute approximate surface area is 165 Å². The van der Waals surface area contributed by atoms with Gasteiger partial charge in [-0.05, 0) is 60.1 Å². The Morgan fingerprint density at radius 3 is 2.28 bits per heavy atom. The van der Waals surface area contributed by atoms with Gasteiger partial charge in [-0.2, -0.15) is 5.10 Å². The topological polar surface area (TPSA) is 69.4 Å². The van der Waals surface area contributed by atoms with Gasteiger partial charge in [-0.25, -0.2) is 33.4 Å². The van der Waals surface area contributed by atoms with Crippen LogP contribution in [0.3, 0.4) is 0 Å². The highest BCUT2D eigenvalue weighted by atomic mass is 19.2. The van der Waals surface area contributed by atoms with Crippen molar-refractivity contribution in [3.8, 4) is 17.3 Å². The minimum atomic E-state index is -0.899. The molecule has 1 aliphatic rings. The van der Waals surface area contributed by atoms with Crippen molar-refractivity contribution in [2.45, 2.75) is 25.2 Å². The highest BCUT2D eigenvalue weighted by Gasteiger charge is 2.40. The number of halogens is 2. The van der Waals surface area contributed by atoms with Crippen LogP contribution < -0.4 is 0 Å². The van der Waals surface area contributed by atoms with Crippen molar-refractivity contribution in [3.63, 3.8) is 0 Å². The molecule has 1 aromatic carbocycles. The molecule has 0 N–H and O–H groups in total. The molecule has 6 nitrogen and oxygen atoms in total. The van der Waals surface area contributed by atoms with Gasteiger partial charge in [0.05, 0.1) is 6.20 Å². The molecular weight excluding hydrogens is 374 g/mol. The predicted molar refractivity (Wildman–Crippen MR) is 101 cm³/mol. The third kappa shape index (κ3) is 3.26. The third-order valence-corrected chi connectivity index (χ3v) is 5.07. The summed E-state index contributed by atoms with van der Waals surface area (Å²) in [5.41, 5.74) is 2.69. The van der Waals surface area contributed by atoms with Gasteiger partial charge in [0.15, 0.2) is 23.3 Å². The van der Waals surface area contributed by atoms with E-state index in [0.29, 0.717) is 11.6 Å². The van der Waals surface area contributed by atoms with Crippen molar-refractivity contribution in [3.05, 3.63) is 83.7 Å². The number of rotatable bonds is 4. The van der Waals surface area contributed by atoms with Gasteiger partial charge in [0.25, 0.3) is 0 Å². The maximum atomic E-state index is 14.3. The number of benzene rings is 1. The number of aromatic nitrogens is 6. The zero-order chi connectivity index (χ0) is 20.0. The molecule has 0 saturated heterocycles. The summed E-state index contributed by atoms with van der Waals surface area (Å²) in [6.07, 6.45) is 10.9. The molecule has 8 heteroatoms. The molecule has 29 heavy (non-hydrogen) atoms. The molecular formula is C21H16F2N6. The van der Waals surface area contributed by atoms with E-state index in [1.807, 2.05) is 6.92 Å². The lowest BCUT2D eigenvalue weighted by molar-refractivity contribution is 0.500. The highest BCUT2D eigenvalue weighted by Crippen LogP contribution is 2.54. The number of aryl methyl sites for hydroxylation is 1. The molecule has 5 rings (SSSR count). The first-order valence-electron chi connectivity index (χ1n) is 9.20. The summed E-state index contributed by atoms with van der Waals surface area (Å²) < 4.78 is 29.9. The molecule has 0 amide bonds. The van der Waals surface area contributed by atoms with Crippen molar-refractivity contribution in [2.75, 3.05) is 0 Å².